The van der Waals surface area contributed by atoms with Crippen molar-refractivity contribution >= 4 is 35.2 Å². The number of thioether (sulfide) groups is 1. The number of carbonyl (C=O) groups excluding carboxylic acids is 2. The molecule has 1 atom stereocenters. The molecule has 2 aromatic rings. The van der Waals surface area contributed by atoms with Crippen LogP contribution in [-0.4, -0.2) is 49.0 Å². The van der Waals surface area contributed by atoms with Crippen LogP contribution < -0.4 is 4.90 Å². The van der Waals surface area contributed by atoms with Gasteiger partial charge in [-0.25, -0.2) is 0 Å². The zero-order valence-electron chi connectivity index (χ0n) is 18.0. The third-order valence-electron chi connectivity index (χ3n) is 5.09. The summed E-state index contributed by atoms with van der Waals surface area (Å²) in [5, 5.41) is -0.722. The first-order valence-electron chi connectivity index (χ1n) is 10.5. The Morgan fingerprint density at radius 3 is 2.50 bits per heavy atom. The number of anilines is 1. The maximum Gasteiger partial charge on any atom is 0.248 e. The summed E-state index contributed by atoms with van der Waals surface area (Å²) >= 11 is 1.39. The zero-order chi connectivity index (χ0) is 21.5. The molecule has 0 radical (unpaired) electrons. The number of ketones is 1. The maximum atomic E-state index is 13.5. The monoisotopic (exact) mass is 422 g/mol. The van der Waals surface area contributed by atoms with Crippen LogP contribution in [0.3, 0.4) is 0 Å². The molecular weight excluding hydrogens is 392 g/mol. The normalized spacial score (nSPS) is 16.7. The van der Waals surface area contributed by atoms with E-state index in [0.717, 1.165) is 41.1 Å². The van der Waals surface area contributed by atoms with Gasteiger partial charge in [-0.05, 0) is 62.8 Å². The molecule has 0 saturated carbocycles. The second-order valence-corrected chi connectivity index (χ2v) is 8.95. The van der Waals surface area contributed by atoms with Crippen molar-refractivity contribution in [1.82, 2.24) is 4.90 Å². The number of rotatable bonds is 9. The van der Waals surface area contributed by atoms with Crippen LogP contribution in [0, 0.1) is 0 Å². The lowest BCUT2D eigenvalue weighted by Gasteiger charge is -2.33. The van der Waals surface area contributed by atoms with E-state index >= 15 is 0 Å². The van der Waals surface area contributed by atoms with Crippen LogP contribution in [0.2, 0.25) is 0 Å². The number of nitrogens with zero attached hydrogens (tertiary/aromatic N) is 2. The summed E-state index contributed by atoms with van der Waals surface area (Å²) in [5.74, 6) is -0.166. The van der Waals surface area contributed by atoms with Crippen LogP contribution in [0.4, 0.5) is 5.69 Å². The summed E-state index contributed by atoms with van der Waals surface area (Å²) in [4.78, 5) is 31.8. The molecule has 1 unspecified atom stereocenters. The number of fused-ring (bicyclic) bond motifs is 1. The van der Waals surface area contributed by atoms with Crippen molar-refractivity contribution < 1.29 is 9.59 Å². The topological polar surface area (TPSA) is 40.6 Å². The van der Waals surface area contributed by atoms with E-state index in [1.54, 1.807) is 0 Å². The summed E-state index contributed by atoms with van der Waals surface area (Å²) in [6, 6.07) is 17.8. The molecule has 1 heterocycles. The van der Waals surface area contributed by atoms with Crippen LogP contribution >= 0.6 is 11.8 Å². The molecule has 1 aliphatic heterocycles. The van der Waals surface area contributed by atoms with Crippen LogP contribution in [0.5, 0.6) is 0 Å². The molecule has 0 N–H and O–H groups in total. The van der Waals surface area contributed by atoms with Crippen LogP contribution in [0.1, 0.15) is 31.7 Å². The van der Waals surface area contributed by atoms with Crippen molar-refractivity contribution in [2.24, 2.45) is 0 Å². The van der Waals surface area contributed by atoms with Gasteiger partial charge in [0.15, 0.2) is 11.0 Å². The highest BCUT2D eigenvalue weighted by Gasteiger charge is 2.38. The molecule has 2 aromatic carbocycles. The van der Waals surface area contributed by atoms with Crippen molar-refractivity contribution in [1.29, 1.82) is 0 Å². The van der Waals surface area contributed by atoms with Gasteiger partial charge in [-0.1, -0.05) is 55.8 Å². The Balaban J connectivity index is 1.89. The lowest BCUT2D eigenvalue weighted by Crippen LogP contribution is -2.45. The fourth-order valence-electron chi connectivity index (χ4n) is 3.61. The smallest absolute Gasteiger partial charge is 0.248 e. The molecule has 0 saturated heterocycles. The molecule has 30 heavy (non-hydrogen) atoms. The number of para-hydroxylation sites is 1. The van der Waals surface area contributed by atoms with E-state index in [2.05, 4.69) is 11.8 Å². The second-order valence-electron chi connectivity index (χ2n) is 7.81. The predicted octanol–water partition coefficient (Wildman–Crippen LogP) is 4.90. The van der Waals surface area contributed by atoms with Crippen LogP contribution in [-0.2, 0) is 9.59 Å². The minimum atomic E-state index is -0.722. The van der Waals surface area contributed by atoms with E-state index in [-0.39, 0.29) is 11.7 Å². The SMILES string of the molecule is CCC/C(=C\c1ccccc1)C(=O)C1Sc2ccccc2N(CCCN(C)C)C1=O. The number of hydrogen-bond donors (Lipinski definition) is 0. The van der Waals surface area contributed by atoms with Crippen molar-refractivity contribution in [3.05, 3.63) is 65.7 Å². The summed E-state index contributed by atoms with van der Waals surface area (Å²) < 4.78 is 0. The maximum absolute atomic E-state index is 13.5. The first-order valence-corrected chi connectivity index (χ1v) is 11.4. The van der Waals surface area contributed by atoms with Gasteiger partial charge in [0.1, 0.15) is 0 Å². The lowest BCUT2D eigenvalue weighted by molar-refractivity contribution is -0.124. The first kappa shape index (κ1) is 22.3. The fraction of sp³-hybridized carbons (Fsp3) is 0.360. The van der Waals surface area contributed by atoms with Crippen molar-refractivity contribution in [2.75, 3.05) is 32.1 Å². The van der Waals surface area contributed by atoms with Gasteiger partial charge in [-0.3, -0.25) is 9.59 Å². The van der Waals surface area contributed by atoms with E-state index in [1.165, 1.54) is 11.8 Å². The second kappa shape index (κ2) is 10.6. The Hall–Kier alpha value is -2.37. The van der Waals surface area contributed by atoms with Gasteiger partial charge < -0.3 is 9.80 Å². The molecule has 3 rings (SSSR count). The zero-order valence-corrected chi connectivity index (χ0v) is 18.8. The molecule has 0 aromatic heterocycles. The van der Waals surface area contributed by atoms with Crippen LogP contribution in [0.15, 0.2) is 65.1 Å². The third-order valence-corrected chi connectivity index (χ3v) is 6.34. The van der Waals surface area contributed by atoms with Gasteiger partial charge in [-0.15, -0.1) is 11.8 Å². The average molecular weight is 423 g/mol. The summed E-state index contributed by atoms with van der Waals surface area (Å²) in [5.41, 5.74) is 2.63. The largest absolute Gasteiger partial charge is 0.310 e. The van der Waals surface area contributed by atoms with E-state index in [9.17, 15) is 9.59 Å². The molecular formula is C25H30N2O2S. The highest BCUT2D eigenvalue weighted by atomic mass is 32.2. The molecule has 0 aliphatic carbocycles. The molecule has 1 aliphatic rings. The van der Waals surface area contributed by atoms with E-state index in [4.69, 9.17) is 0 Å². The first-order chi connectivity index (χ1) is 14.5. The van der Waals surface area contributed by atoms with Gasteiger partial charge in [0, 0.05) is 11.4 Å². The quantitative estimate of drug-likeness (QED) is 0.426. The van der Waals surface area contributed by atoms with Crippen molar-refractivity contribution in [3.8, 4) is 0 Å². The number of benzene rings is 2. The predicted molar refractivity (Wildman–Crippen MR) is 126 cm³/mol. The molecule has 5 heteroatoms. The van der Waals surface area contributed by atoms with Crippen molar-refractivity contribution in [3.63, 3.8) is 0 Å². The fourth-order valence-corrected chi connectivity index (χ4v) is 4.81. The molecule has 0 bridgehead atoms. The molecule has 0 spiro atoms. The average Bonchev–Trinajstić information content (AvgIpc) is 2.75. The van der Waals surface area contributed by atoms with Gasteiger partial charge in [0.05, 0.1) is 5.69 Å². The molecule has 4 nitrogen and oxygen atoms in total. The lowest BCUT2D eigenvalue weighted by atomic mass is 9.99. The number of carbonyl (C=O) groups is 2. The van der Waals surface area contributed by atoms with E-state index in [0.29, 0.717) is 13.0 Å². The molecule has 158 valence electrons. The number of amides is 1. The van der Waals surface area contributed by atoms with Crippen molar-refractivity contribution in [2.45, 2.75) is 36.3 Å². The van der Waals surface area contributed by atoms with Crippen LogP contribution in [0.25, 0.3) is 6.08 Å². The van der Waals surface area contributed by atoms with E-state index in [1.807, 2.05) is 79.7 Å². The Labute approximate surface area is 184 Å². The number of allylic oxidation sites excluding steroid dienone is 1. The molecule has 1 amide bonds. The summed E-state index contributed by atoms with van der Waals surface area (Å²) in [6.07, 6.45) is 4.33. The minimum absolute atomic E-state index is 0.0668. The van der Waals surface area contributed by atoms with E-state index < -0.39 is 5.25 Å². The Morgan fingerprint density at radius 1 is 1.10 bits per heavy atom. The minimum Gasteiger partial charge on any atom is -0.310 e. The molecule has 0 fully saturated rings. The Morgan fingerprint density at radius 2 is 1.80 bits per heavy atom. The van der Waals surface area contributed by atoms with Gasteiger partial charge in [0.2, 0.25) is 5.91 Å². The summed E-state index contributed by atoms with van der Waals surface area (Å²) in [6.45, 7) is 3.57. The Bertz CT molecular complexity index is 908. The van der Waals surface area contributed by atoms with Gasteiger partial charge in [0.25, 0.3) is 0 Å². The van der Waals surface area contributed by atoms with Gasteiger partial charge >= 0.3 is 0 Å². The highest BCUT2D eigenvalue weighted by molar-refractivity contribution is 8.01. The Kier molecular flexibility index (Phi) is 7.88. The number of Topliss-reactive ketones (excluding diaryl/α,β-unsaturated/α-hetero) is 1. The third kappa shape index (κ3) is 5.41. The number of hydrogen-bond acceptors (Lipinski definition) is 4. The summed E-state index contributed by atoms with van der Waals surface area (Å²) in [7, 11) is 4.05. The highest BCUT2D eigenvalue weighted by Crippen LogP contribution is 2.40. The van der Waals surface area contributed by atoms with Gasteiger partial charge in [-0.2, -0.15) is 0 Å². The standard InChI is InChI=1S/C25H30N2O2S/c1-4-11-20(18-19-12-6-5-7-13-19)23(28)24-25(29)27(17-10-16-26(2)3)21-14-8-9-15-22(21)30-24/h5-9,12-15,18,24H,4,10-11,16-17H2,1-3H3/b20-18+.